The number of nitrogen functional groups attached to an aromatic ring is 1. The molecular weight excluding hydrogens is 202 g/mol. The van der Waals surface area contributed by atoms with Crippen molar-refractivity contribution in [3.63, 3.8) is 0 Å². The van der Waals surface area contributed by atoms with Gasteiger partial charge in [-0.2, -0.15) is 0 Å². The van der Waals surface area contributed by atoms with Crippen LogP contribution in [-0.4, -0.2) is 16.0 Å². The quantitative estimate of drug-likeness (QED) is 0.534. The number of aromatic nitrogens is 2. The van der Waals surface area contributed by atoms with Crippen LogP contribution in [0.2, 0.25) is 0 Å². The van der Waals surface area contributed by atoms with Gasteiger partial charge in [0.25, 0.3) is 0 Å². The van der Waals surface area contributed by atoms with Gasteiger partial charge >= 0.3 is 0 Å². The Morgan fingerprint density at radius 1 is 1.25 bits per heavy atom. The summed E-state index contributed by atoms with van der Waals surface area (Å²) in [5.41, 5.74) is 2.51. The highest BCUT2D eigenvalue weighted by Crippen LogP contribution is 2.26. The molecule has 0 unspecified atom stereocenters. The Bertz CT molecular complexity index is 378. The molecule has 5 heteroatoms. The fraction of sp³-hybridized carbons (Fsp3) is 0.636. The molecular formula is C11H19N5. The zero-order valence-corrected chi connectivity index (χ0v) is 10.0. The number of hydrogen-bond donors (Lipinski definition) is 3. The summed E-state index contributed by atoms with van der Waals surface area (Å²) in [5.74, 6) is 7.72. The van der Waals surface area contributed by atoms with E-state index in [1.54, 1.807) is 0 Å². The van der Waals surface area contributed by atoms with E-state index >= 15 is 0 Å². The summed E-state index contributed by atoms with van der Waals surface area (Å²) in [5, 5.41) is 3.36. The molecule has 0 aromatic carbocycles. The van der Waals surface area contributed by atoms with E-state index in [1.165, 1.54) is 12.8 Å². The fourth-order valence-corrected chi connectivity index (χ4v) is 1.37. The minimum absolute atomic E-state index is 0.0765. The van der Waals surface area contributed by atoms with Crippen LogP contribution in [-0.2, 0) is 5.41 Å². The first kappa shape index (κ1) is 11.1. The molecule has 4 N–H and O–H groups in total. The Morgan fingerprint density at radius 2 is 1.88 bits per heavy atom. The Hall–Kier alpha value is -1.36. The topological polar surface area (TPSA) is 75.9 Å². The van der Waals surface area contributed by atoms with Gasteiger partial charge in [-0.3, -0.25) is 0 Å². The van der Waals surface area contributed by atoms with Crippen molar-refractivity contribution in [2.45, 2.75) is 45.1 Å². The second-order valence-electron chi connectivity index (χ2n) is 5.27. The van der Waals surface area contributed by atoms with Crippen LogP contribution in [0, 0.1) is 0 Å². The molecule has 1 aromatic rings. The number of rotatable bonds is 3. The van der Waals surface area contributed by atoms with Crippen LogP contribution in [0.25, 0.3) is 0 Å². The summed E-state index contributed by atoms with van der Waals surface area (Å²) in [7, 11) is 0. The highest BCUT2D eigenvalue weighted by molar-refractivity contribution is 5.48. The molecule has 5 nitrogen and oxygen atoms in total. The molecule has 1 fully saturated rings. The van der Waals surface area contributed by atoms with Crippen LogP contribution in [0.4, 0.5) is 11.6 Å². The molecule has 1 aliphatic rings. The lowest BCUT2D eigenvalue weighted by atomic mass is 9.96. The minimum atomic E-state index is -0.0765. The first-order valence-electron chi connectivity index (χ1n) is 5.62. The largest absolute Gasteiger partial charge is 0.367 e. The summed E-state index contributed by atoms with van der Waals surface area (Å²) in [6.45, 7) is 6.26. The molecule has 16 heavy (non-hydrogen) atoms. The summed E-state index contributed by atoms with van der Waals surface area (Å²) in [6, 6.07) is 2.42. The van der Waals surface area contributed by atoms with E-state index in [-0.39, 0.29) is 5.41 Å². The van der Waals surface area contributed by atoms with Crippen molar-refractivity contribution >= 4 is 11.6 Å². The van der Waals surface area contributed by atoms with Crippen molar-refractivity contribution in [2.24, 2.45) is 5.84 Å². The third-order valence-corrected chi connectivity index (χ3v) is 2.47. The van der Waals surface area contributed by atoms with E-state index in [9.17, 15) is 0 Å². The second kappa shape index (κ2) is 3.90. The van der Waals surface area contributed by atoms with Crippen LogP contribution in [0.15, 0.2) is 6.07 Å². The number of nitrogens with one attached hydrogen (secondary N) is 2. The molecule has 0 spiro atoms. The third-order valence-electron chi connectivity index (χ3n) is 2.47. The van der Waals surface area contributed by atoms with Crippen LogP contribution in [0.5, 0.6) is 0 Å². The average molecular weight is 221 g/mol. The Morgan fingerprint density at radius 3 is 2.38 bits per heavy atom. The summed E-state index contributed by atoms with van der Waals surface area (Å²) in [6.07, 6.45) is 2.44. The molecule has 1 heterocycles. The predicted molar refractivity (Wildman–Crippen MR) is 65.2 cm³/mol. The number of hydrazine groups is 1. The molecule has 1 aromatic heterocycles. The van der Waals surface area contributed by atoms with Gasteiger partial charge in [0.2, 0.25) is 0 Å². The van der Waals surface area contributed by atoms with E-state index in [0.717, 1.165) is 11.6 Å². The van der Waals surface area contributed by atoms with Crippen LogP contribution < -0.4 is 16.6 Å². The zero-order chi connectivity index (χ0) is 11.8. The highest BCUT2D eigenvalue weighted by atomic mass is 15.3. The number of hydrogen-bond acceptors (Lipinski definition) is 5. The fourth-order valence-electron chi connectivity index (χ4n) is 1.37. The van der Waals surface area contributed by atoms with Gasteiger partial charge in [0.1, 0.15) is 17.5 Å². The lowest BCUT2D eigenvalue weighted by molar-refractivity contribution is 0.546. The van der Waals surface area contributed by atoms with Crippen molar-refractivity contribution in [1.29, 1.82) is 0 Å². The van der Waals surface area contributed by atoms with Gasteiger partial charge in [0, 0.05) is 17.5 Å². The van der Waals surface area contributed by atoms with Gasteiger partial charge in [-0.15, -0.1) is 0 Å². The van der Waals surface area contributed by atoms with E-state index in [2.05, 4.69) is 41.5 Å². The van der Waals surface area contributed by atoms with Gasteiger partial charge < -0.3 is 10.7 Å². The highest BCUT2D eigenvalue weighted by Gasteiger charge is 2.23. The van der Waals surface area contributed by atoms with Crippen molar-refractivity contribution in [2.75, 3.05) is 10.7 Å². The maximum Gasteiger partial charge on any atom is 0.145 e. The standard InChI is InChI=1S/C11H19N5/c1-11(2,3)10-14-8(13-7-4-5-7)6-9(15-10)16-12/h6-7H,4-5,12H2,1-3H3,(H2,13,14,15,16). The Kier molecular flexibility index (Phi) is 2.71. The molecule has 0 radical (unpaired) electrons. The normalized spacial score (nSPS) is 16.0. The molecule has 1 aliphatic carbocycles. The maximum atomic E-state index is 5.41. The van der Waals surface area contributed by atoms with E-state index < -0.39 is 0 Å². The minimum Gasteiger partial charge on any atom is -0.367 e. The molecule has 0 saturated heterocycles. The van der Waals surface area contributed by atoms with Gasteiger partial charge in [-0.05, 0) is 12.8 Å². The van der Waals surface area contributed by atoms with Crippen molar-refractivity contribution < 1.29 is 0 Å². The van der Waals surface area contributed by atoms with Crippen molar-refractivity contribution in [3.05, 3.63) is 11.9 Å². The van der Waals surface area contributed by atoms with Crippen molar-refractivity contribution in [3.8, 4) is 0 Å². The zero-order valence-electron chi connectivity index (χ0n) is 10.0. The first-order valence-corrected chi connectivity index (χ1v) is 5.62. The Labute approximate surface area is 95.8 Å². The smallest absolute Gasteiger partial charge is 0.145 e. The molecule has 0 amide bonds. The van der Waals surface area contributed by atoms with E-state index in [4.69, 9.17) is 5.84 Å². The molecule has 1 saturated carbocycles. The molecule has 88 valence electrons. The van der Waals surface area contributed by atoms with Crippen molar-refractivity contribution in [1.82, 2.24) is 9.97 Å². The van der Waals surface area contributed by atoms with E-state index in [0.29, 0.717) is 11.9 Å². The SMILES string of the molecule is CC(C)(C)c1nc(NN)cc(NC2CC2)n1. The van der Waals surface area contributed by atoms with Gasteiger partial charge in [0.15, 0.2) is 0 Å². The molecule has 0 atom stereocenters. The predicted octanol–water partition coefficient (Wildman–Crippen LogP) is 1.63. The van der Waals surface area contributed by atoms with Gasteiger partial charge in [-0.25, -0.2) is 15.8 Å². The Balaban J connectivity index is 2.29. The first-order chi connectivity index (χ1) is 7.49. The maximum absolute atomic E-state index is 5.41. The lowest BCUT2D eigenvalue weighted by Gasteiger charge is -2.18. The van der Waals surface area contributed by atoms with Gasteiger partial charge in [-0.1, -0.05) is 20.8 Å². The number of nitrogens with two attached hydrogens (primary N) is 1. The van der Waals surface area contributed by atoms with Gasteiger partial charge in [0.05, 0.1) is 0 Å². The number of nitrogens with zero attached hydrogens (tertiary/aromatic N) is 2. The monoisotopic (exact) mass is 221 g/mol. The third kappa shape index (κ3) is 2.61. The summed E-state index contributed by atoms with van der Waals surface area (Å²) < 4.78 is 0. The average Bonchev–Trinajstić information content (AvgIpc) is 3.00. The molecule has 2 rings (SSSR count). The number of anilines is 2. The lowest BCUT2D eigenvalue weighted by Crippen LogP contribution is -2.20. The molecule has 0 bridgehead atoms. The molecule has 0 aliphatic heterocycles. The van der Waals surface area contributed by atoms with E-state index in [1.807, 2.05) is 6.07 Å². The van der Waals surface area contributed by atoms with Crippen LogP contribution >= 0.6 is 0 Å². The summed E-state index contributed by atoms with van der Waals surface area (Å²) >= 11 is 0. The summed E-state index contributed by atoms with van der Waals surface area (Å²) in [4.78, 5) is 8.88. The van der Waals surface area contributed by atoms with Crippen LogP contribution in [0.1, 0.15) is 39.4 Å². The second-order valence-corrected chi connectivity index (χ2v) is 5.27. The van der Waals surface area contributed by atoms with Crippen LogP contribution in [0.3, 0.4) is 0 Å².